The highest BCUT2D eigenvalue weighted by Gasteiger charge is 2.10. The first kappa shape index (κ1) is 9.60. The van der Waals surface area contributed by atoms with Gasteiger partial charge in [-0.15, -0.1) is 11.3 Å². The Morgan fingerprint density at radius 2 is 2.12 bits per heavy atom. The lowest BCUT2D eigenvalue weighted by Crippen LogP contribution is -1.84. The molecule has 3 heteroatoms. The van der Waals surface area contributed by atoms with Crippen LogP contribution < -0.4 is 0 Å². The summed E-state index contributed by atoms with van der Waals surface area (Å²) >= 11 is 1.67. The van der Waals surface area contributed by atoms with Gasteiger partial charge in [0.2, 0.25) is 0 Å². The second-order valence-electron chi connectivity index (χ2n) is 3.97. The van der Waals surface area contributed by atoms with E-state index in [-0.39, 0.29) is 0 Å². The van der Waals surface area contributed by atoms with Crippen molar-refractivity contribution in [2.24, 2.45) is 0 Å². The van der Waals surface area contributed by atoms with Crippen LogP contribution in [0.1, 0.15) is 11.3 Å². The monoisotopic (exact) mass is 228 g/mol. The molecule has 2 heterocycles. The molecule has 0 saturated heterocycles. The molecule has 0 aliphatic heterocycles. The molecule has 3 aromatic rings. The maximum absolute atomic E-state index is 4.67. The molecule has 0 bridgehead atoms. The molecule has 2 nitrogen and oxygen atoms in total. The molecular weight excluding hydrogens is 216 g/mol. The number of benzene rings is 1. The Morgan fingerprint density at radius 1 is 1.25 bits per heavy atom. The van der Waals surface area contributed by atoms with E-state index in [4.69, 9.17) is 0 Å². The van der Waals surface area contributed by atoms with Crippen molar-refractivity contribution in [3.05, 3.63) is 47.1 Å². The van der Waals surface area contributed by atoms with E-state index >= 15 is 0 Å². The molecule has 0 amide bonds. The smallest absolute Gasteiger partial charge is 0.194 e. The van der Waals surface area contributed by atoms with Crippen molar-refractivity contribution in [3.63, 3.8) is 0 Å². The molecule has 16 heavy (non-hydrogen) atoms. The molecule has 3 rings (SSSR count). The van der Waals surface area contributed by atoms with Crippen LogP contribution in [0.15, 0.2) is 35.8 Å². The molecule has 80 valence electrons. The lowest BCUT2D eigenvalue weighted by molar-refractivity contribution is 1.14. The van der Waals surface area contributed by atoms with Gasteiger partial charge in [0.05, 0.1) is 5.69 Å². The summed E-state index contributed by atoms with van der Waals surface area (Å²) in [5, 5.41) is 2.06. The van der Waals surface area contributed by atoms with Crippen LogP contribution in [-0.4, -0.2) is 9.38 Å². The molecular formula is C13H12N2S. The van der Waals surface area contributed by atoms with Gasteiger partial charge in [0.15, 0.2) is 4.96 Å². The zero-order valence-corrected chi connectivity index (χ0v) is 10.1. The van der Waals surface area contributed by atoms with Crippen LogP contribution >= 0.6 is 11.3 Å². The van der Waals surface area contributed by atoms with Crippen molar-refractivity contribution in [1.82, 2.24) is 9.38 Å². The van der Waals surface area contributed by atoms with Crippen molar-refractivity contribution in [1.29, 1.82) is 0 Å². The fourth-order valence-corrected chi connectivity index (χ4v) is 2.72. The highest BCUT2D eigenvalue weighted by atomic mass is 32.1. The summed E-state index contributed by atoms with van der Waals surface area (Å²) in [6, 6.07) is 8.49. The van der Waals surface area contributed by atoms with E-state index in [0.717, 1.165) is 10.7 Å². The van der Waals surface area contributed by atoms with Gasteiger partial charge in [-0.1, -0.05) is 23.8 Å². The van der Waals surface area contributed by atoms with E-state index in [0.29, 0.717) is 0 Å². The van der Waals surface area contributed by atoms with Crippen molar-refractivity contribution in [2.45, 2.75) is 13.8 Å². The zero-order chi connectivity index (χ0) is 11.1. The fourth-order valence-electron chi connectivity index (χ4n) is 1.96. The van der Waals surface area contributed by atoms with Crippen molar-refractivity contribution < 1.29 is 0 Å². The minimum absolute atomic E-state index is 1.06. The highest BCUT2D eigenvalue weighted by molar-refractivity contribution is 7.15. The maximum Gasteiger partial charge on any atom is 0.194 e. The molecule has 2 aromatic heterocycles. The number of imidazole rings is 1. The van der Waals surface area contributed by atoms with Crippen LogP contribution in [0.4, 0.5) is 0 Å². The SMILES string of the molecule is Cc1cccc(-c2nc3sccn3c2C)c1. The van der Waals surface area contributed by atoms with E-state index in [1.807, 2.05) is 0 Å². The lowest BCUT2D eigenvalue weighted by Gasteiger charge is -2.00. The predicted molar refractivity (Wildman–Crippen MR) is 68.0 cm³/mol. The third kappa shape index (κ3) is 1.36. The summed E-state index contributed by atoms with van der Waals surface area (Å²) in [5.41, 5.74) is 4.78. The van der Waals surface area contributed by atoms with Crippen LogP contribution in [0.25, 0.3) is 16.2 Å². The molecule has 0 atom stereocenters. The largest absolute Gasteiger partial charge is 0.294 e. The average Bonchev–Trinajstić information content (AvgIpc) is 2.82. The van der Waals surface area contributed by atoms with Gasteiger partial charge >= 0.3 is 0 Å². The van der Waals surface area contributed by atoms with Crippen molar-refractivity contribution in [3.8, 4) is 11.3 Å². The Hall–Kier alpha value is -1.61. The first-order chi connectivity index (χ1) is 7.75. The number of aryl methyl sites for hydroxylation is 2. The summed E-state index contributed by atoms with van der Waals surface area (Å²) < 4.78 is 2.14. The quantitative estimate of drug-likeness (QED) is 0.621. The van der Waals surface area contributed by atoms with Gasteiger partial charge in [0.1, 0.15) is 0 Å². The Balaban J connectivity index is 2.25. The number of fused-ring (bicyclic) bond motifs is 1. The third-order valence-electron chi connectivity index (χ3n) is 2.79. The lowest BCUT2D eigenvalue weighted by atomic mass is 10.1. The Bertz CT molecular complexity index is 649. The predicted octanol–water partition coefficient (Wildman–Crippen LogP) is 3.68. The Labute approximate surface area is 98.2 Å². The normalized spacial score (nSPS) is 11.1. The number of aromatic nitrogens is 2. The molecule has 0 radical (unpaired) electrons. The van der Waals surface area contributed by atoms with Gasteiger partial charge in [0.25, 0.3) is 0 Å². The second kappa shape index (κ2) is 3.46. The zero-order valence-electron chi connectivity index (χ0n) is 9.27. The van der Waals surface area contributed by atoms with E-state index < -0.39 is 0 Å². The summed E-state index contributed by atoms with van der Waals surface area (Å²) in [6.07, 6.45) is 2.07. The third-order valence-corrected chi connectivity index (χ3v) is 3.55. The minimum atomic E-state index is 1.06. The van der Waals surface area contributed by atoms with Crippen LogP contribution in [0.2, 0.25) is 0 Å². The number of rotatable bonds is 1. The van der Waals surface area contributed by atoms with Crippen LogP contribution in [-0.2, 0) is 0 Å². The summed E-state index contributed by atoms with van der Waals surface area (Å²) in [7, 11) is 0. The molecule has 1 aromatic carbocycles. The Morgan fingerprint density at radius 3 is 2.88 bits per heavy atom. The van der Waals surface area contributed by atoms with Gasteiger partial charge in [-0.05, 0) is 19.9 Å². The van der Waals surface area contributed by atoms with Crippen LogP contribution in [0.3, 0.4) is 0 Å². The second-order valence-corrected chi connectivity index (χ2v) is 4.84. The standard InChI is InChI=1S/C13H12N2S/c1-9-4-3-5-11(8-9)12-10(2)15-6-7-16-13(15)14-12/h3-8H,1-2H3. The first-order valence-electron chi connectivity index (χ1n) is 5.25. The molecule has 0 spiro atoms. The molecule has 0 saturated carbocycles. The summed E-state index contributed by atoms with van der Waals surface area (Å²) in [5.74, 6) is 0. The van der Waals surface area contributed by atoms with Crippen LogP contribution in [0, 0.1) is 13.8 Å². The van der Waals surface area contributed by atoms with E-state index in [1.54, 1.807) is 11.3 Å². The number of thiazole rings is 1. The number of hydrogen-bond donors (Lipinski definition) is 0. The minimum Gasteiger partial charge on any atom is -0.294 e. The molecule has 0 unspecified atom stereocenters. The maximum atomic E-state index is 4.67. The molecule has 0 N–H and O–H groups in total. The molecule has 0 fully saturated rings. The van der Waals surface area contributed by atoms with Gasteiger partial charge in [-0.3, -0.25) is 4.40 Å². The van der Waals surface area contributed by atoms with Crippen molar-refractivity contribution in [2.75, 3.05) is 0 Å². The number of nitrogens with zero attached hydrogens (tertiary/aromatic N) is 2. The van der Waals surface area contributed by atoms with E-state index in [2.05, 4.69) is 59.1 Å². The summed E-state index contributed by atoms with van der Waals surface area (Å²) in [6.45, 7) is 4.22. The topological polar surface area (TPSA) is 17.3 Å². The van der Waals surface area contributed by atoms with Crippen LogP contribution in [0.5, 0.6) is 0 Å². The first-order valence-corrected chi connectivity index (χ1v) is 6.13. The average molecular weight is 228 g/mol. The van der Waals surface area contributed by atoms with Gasteiger partial charge in [-0.25, -0.2) is 4.98 Å². The van der Waals surface area contributed by atoms with Crippen molar-refractivity contribution >= 4 is 16.3 Å². The highest BCUT2D eigenvalue weighted by Crippen LogP contribution is 2.26. The molecule has 0 aliphatic rings. The Kier molecular flexibility index (Phi) is 2.07. The summed E-state index contributed by atoms with van der Waals surface area (Å²) in [4.78, 5) is 5.73. The van der Waals surface area contributed by atoms with E-state index in [9.17, 15) is 0 Å². The van der Waals surface area contributed by atoms with Gasteiger partial charge < -0.3 is 0 Å². The van der Waals surface area contributed by atoms with Gasteiger partial charge in [-0.2, -0.15) is 0 Å². The van der Waals surface area contributed by atoms with Gasteiger partial charge in [0, 0.05) is 22.8 Å². The molecule has 0 aliphatic carbocycles. The number of hydrogen-bond acceptors (Lipinski definition) is 2. The van der Waals surface area contributed by atoms with E-state index in [1.165, 1.54) is 16.8 Å². The fraction of sp³-hybridized carbons (Fsp3) is 0.154.